The number of aliphatic hydroxyl groups excluding tert-OH is 1. The number of hydrogen-bond donors (Lipinski definition) is 1. The number of ether oxygens (including phenoxy) is 2. The molecule has 1 amide bonds. The van der Waals surface area contributed by atoms with Crippen molar-refractivity contribution in [3.8, 4) is 11.5 Å². The highest BCUT2D eigenvalue weighted by Gasteiger charge is 2.48. The molecule has 0 radical (unpaired) electrons. The molecule has 1 N–H and O–H groups in total. The largest absolute Gasteiger partial charge is 0.507 e. The second-order valence-corrected chi connectivity index (χ2v) is 10.9. The van der Waals surface area contributed by atoms with Gasteiger partial charge in [0.05, 0.1) is 35.0 Å². The average molecular weight is 608 g/mol. The molecule has 1 aromatic heterocycles. The monoisotopic (exact) mass is 606 g/mol. The number of aliphatic hydroxyl groups is 1. The van der Waals surface area contributed by atoms with E-state index < -0.39 is 17.7 Å². The highest BCUT2D eigenvalue weighted by atomic mass is 79.9. The summed E-state index contributed by atoms with van der Waals surface area (Å²) in [5.74, 6) is -0.504. The van der Waals surface area contributed by atoms with Crippen molar-refractivity contribution in [2.75, 3.05) is 18.1 Å². The maximum atomic E-state index is 13.5. The van der Waals surface area contributed by atoms with E-state index in [0.29, 0.717) is 46.5 Å². The summed E-state index contributed by atoms with van der Waals surface area (Å²) in [7, 11) is 0. The van der Waals surface area contributed by atoms with Crippen molar-refractivity contribution in [3.05, 3.63) is 87.9 Å². The van der Waals surface area contributed by atoms with Crippen LogP contribution in [0.25, 0.3) is 16.0 Å². The van der Waals surface area contributed by atoms with Crippen molar-refractivity contribution < 1.29 is 24.2 Å². The molecular formula is C30H27BrN2O5S. The Morgan fingerprint density at radius 2 is 1.82 bits per heavy atom. The smallest absolute Gasteiger partial charge is 0.301 e. The van der Waals surface area contributed by atoms with Crippen LogP contribution >= 0.6 is 27.3 Å². The molecule has 2 heterocycles. The maximum absolute atomic E-state index is 13.5. The minimum Gasteiger partial charge on any atom is -0.507 e. The zero-order valence-electron chi connectivity index (χ0n) is 21.5. The number of Topliss-reactive ketones (excluding diaryl/α,β-unsaturated/α-hetero) is 1. The van der Waals surface area contributed by atoms with Crippen LogP contribution in [0.5, 0.6) is 11.5 Å². The van der Waals surface area contributed by atoms with E-state index in [0.717, 1.165) is 22.0 Å². The van der Waals surface area contributed by atoms with E-state index in [2.05, 4.69) is 27.8 Å². The number of benzene rings is 3. The predicted octanol–water partition coefficient (Wildman–Crippen LogP) is 7.26. The summed E-state index contributed by atoms with van der Waals surface area (Å²) in [4.78, 5) is 33.1. The lowest BCUT2D eigenvalue weighted by Gasteiger charge is -2.23. The van der Waals surface area contributed by atoms with Crippen LogP contribution in [-0.4, -0.2) is 35.0 Å². The number of thiazole rings is 1. The van der Waals surface area contributed by atoms with Gasteiger partial charge in [0, 0.05) is 10.0 Å². The van der Waals surface area contributed by atoms with Gasteiger partial charge in [-0.3, -0.25) is 14.5 Å². The molecule has 200 valence electrons. The van der Waals surface area contributed by atoms with Crippen molar-refractivity contribution in [1.29, 1.82) is 0 Å². The first-order valence-electron chi connectivity index (χ1n) is 12.7. The van der Waals surface area contributed by atoms with Gasteiger partial charge >= 0.3 is 5.91 Å². The Morgan fingerprint density at radius 3 is 2.59 bits per heavy atom. The second-order valence-electron chi connectivity index (χ2n) is 9.01. The number of carbonyl (C=O) groups excluding carboxylic acids is 2. The van der Waals surface area contributed by atoms with Crippen LogP contribution in [0.4, 0.5) is 5.13 Å². The number of rotatable bonds is 9. The van der Waals surface area contributed by atoms with Gasteiger partial charge in [0.1, 0.15) is 17.3 Å². The number of aromatic nitrogens is 1. The van der Waals surface area contributed by atoms with Gasteiger partial charge in [-0.15, -0.1) is 0 Å². The standard InChI is InChI=1S/C30H27BrN2O5S/c1-3-5-14-38-21-11-7-9-19(16-21)27(34)25-26(18-8-6-10-20(31)15-18)33(29(36)28(25)35)30-32-23-13-12-22(37-4-2)17-24(23)39-30/h6-13,15-17,26,34H,3-5,14H2,1-2H3/b27-25+. The molecule has 4 aromatic rings. The summed E-state index contributed by atoms with van der Waals surface area (Å²) < 4.78 is 13.0. The van der Waals surface area contributed by atoms with Gasteiger partial charge in [-0.2, -0.15) is 0 Å². The van der Waals surface area contributed by atoms with Gasteiger partial charge in [0.2, 0.25) is 0 Å². The third kappa shape index (κ3) is 5.42. The first kappa shape index (κ1) is 26.9. The molecule has 5 rings (SSSR count). The van der Waals surface area contributed by atoms with Crippen molar-refractivity contribution >= 4 is 60.1 Å². The summed E-state index contributed by atoms with van der Waals surface area (Å²) >= 11 is 4.79. The Balaban J connectivity index is 1.63. The predicted molar refractivity (Wildman–Crippen MR) is 157 cm³/mol. The minimum absolute atomic E-state index is 0.00179. The van der Waals surface area contributed by atoms with E-state index in [1.807, 2.05) is 49.4 Å². The molecule has 7 nitrogen and oxygen atoms in total. The van der Waals surface area contributed by atoms with Crippen LogP contribution in [0.2, 0.25) is 0 Å². The first-order valence-corrected chi connectivity index (χ1v) is 14.3. The van der Waals surface area contributed by atoms with Gasteiger partial charge in [-0.05, 0) is 61.4 Å². The van der Waals surface area contributed by atoms with E-state index in [4.69, 9.17) is 9.47 Å². The lowest BCUT2D eigenvalue weighted by Crippen LogP contribution is -2.29. The number of unbranched alkanes of at least 4 members (excludes halogenated alkanes) is 1. The number of nitrogens with zero attached hydrogens (tertiary/aromatic N) is 2. The van der Waals surface area contributed by atoms with Crippen molar-refractivity contribution in [2.45, 2.75) is 32.7 Å². The topological polar surface area (TPSA) is 89.0 Å². The number of ketones is 1. The number of hydrogen-bond acceptors (Lipinski definition) is 7. The molecule has 9 heteroatoms. The summed E-state index contributed by atoms with van der Waals surface area (Å²) in [6, 6.07) is 18.9. The fourth-order valence-corrected chi connectivity index (χ4v) is 5.93. The maximum Gasteiger partial charge on any atom is 0.301 e. The summed E-state index contributed by atoms with van der Waals surface area (Å²) in [5, 5.41) is 11.8. The quantitative estimate of drug-likeness (QED) is 0.0933. The molecule has 1 atom stereocenters. The SMILES string of the molecule is CCCCOc1cccc(/C(O)=C2\C(=O)C(=O)N(c3nc4ccc(OCC)cc4s3)C2c2cccc(Br)c2)c1. The van der Waals surface area contributed by atoms with E-state index in [1.54, 1.807) is 24.3 Å². The van der Waals surface area contributed by atoms with Gasteiger partial charge in [0.15, 0.2) is 5.13 Å². The van der Waals surface area contributed by atoms with Gasteiger partial charge in [-0.25, -0.2) is 4.98 Å². The van der Waals surface area contributed by atoms with Crippen LogP contribution < -0.4 is 14.4 Å². The number of carbonyl (C=O) groups is 2. The van der Waals surface area contributed by atoms with Crippen LogP contribution in [0, 0.1) is 0 Å². The van der Waals surface area contributed by atoms with Gasteiger partial charge < -0.3 is 14.6 Å². The minimum atomic E-state index is -0.876. The zero-order valence-corrected chi connectivity index (χ0v) is 23.9. The third-order valence-electron chi connectivity index (χ3n) is 6.35. The average Bonchev–Trinajstić information content (AvgIpc) is 3.46. The summed E-state index contributed by atoms with van der Waals surface area (Å²) in [6.45, 7) is 5.06. The molecule has 0 aliphatic carbocycles. The number of anilines is 1. The number of amides is 1. The van der Waals surface area contributed by atoms with Crippen molar-refractivity contribution in [1.82, 2.24) is 4.98 Å². The fraction of sp³-hybridized carbons (Fsp3) is 0.233. The van der Waals surface area contributed by atoms with Crippen LogP contribution in [0.3, 0.4) is 0 Å². The van der Waals surface area contributed by atoms with Gasteiger partial charge in [0.25, 0.3) is 5.78 Å². The van der Waals surface area contributed by atoms with E-state index in [9.17, 15) is 14.7 Å². The Hall–Kier alpha value is -3.69. The van der Waals surface area contributed by atoms with Gasteiger partial charge in [-0.1, -0.05) is 64.9 Å². The Morgan fingerprint density at radius 1 is 1.03 bits per heavy atom. The molecule has 0 saturated carbocycles. The molecule has 1 saturated heterocycles. The molecular weight excluding hydrogens is 580 g/mol. The summed E-state index contributed by atoms with van der Waals surface area (Å²) in [6.07, 6.45) is 1.90. The van der Waals surface area contributed by atoms with E-state index >= 15 is 0 Å². The second kappa shape index (κ2) is 11.6. The van der Waals surface area contributed by atoms with E-state index in [1.165, 1.54) is 16.2 Å². The Bertz CT molecular complexity index is 1580. The molecule has 1 aliphatic rings. The van der Waals surface area contributed by atoms with E-state index in [-0.39, 0.29) is 11.3 Å². The molecule has 3 aromatic carbocycles. The zero-order chi connectivity index (χ0) is 27.5. The highest BCUT2D eigenvalue weighted by molar-refractivity contribution is 9.10. The summed E-state index contributed by atoms with van der Waals surface area (Å²) in [5.41, 5.74) is 1.74. The molecule has 1 fully saturated rings. The van der Waals surface area contributed by atoms with Crippen LogP contribution in [0.1, 0.15) is 43.9 Å². The Kier molecular flexibility index (Phi) is 7.99. The third-order valence-corrected chi connectivity index (χ3v) is 7.86. The van der Waals surface area contributed by atoms with Crippen molar-refractivity contribution in [3.63, 3.8) is 0 Å². The molecule has 39 heavy (non-hydrogen) atoms. The normalized spacial score (nSPS) is 16.7. The fourth-order valence-electron chi connectivity index (χ4n) is 4.50. The van der Waals surface area contributed by atoms with Crippen LogP contribution in [-0.2, 0) is 9.59 Å². The molecule has 0 bridgehead atoms. The number of fused-ring (bicyclic) bond motifs is 1. The Labute approximate surface area is 238 Å². The molecule has 1 unspecified atom stereocenters. The lowest BCUT2D eigenvalue weighted by molar-refractivity contribution is -0.132. The van der Waals surface area contributed by atoms with Crippen molar-refractivity contribution in [2.24, 2.45) is 0 Å². The molecule has 0 spiro atoms. The molecule has 1 aliphatic heterocycles. The first-order chi connectivity index (χ1) is 18.9. The lowest BCUT2D eigenvalue weighted by atomic mass is 9.95. The van der Waals surface area contributed by atoms with Crippen LogP contribution in [0.15, 0.2) is 76.8 Å². The number of halogens is 1. The highest BCUT2D eigenvalue weighted by Crippen LogP contribution is 2.45.